The molecule has 0 atom stereocenters. The zero-order valence-corrected chi connectivity index (χ0v) is 19.1. The summed E-state index contributed by atoms with van der Waals surface area (Å²) in [4.78, 5) is 9.36. The van der Waals surface area contributed by atoms with E-state index in [1.54, 1.807) is 14.2 Å². The summed E-state index contributed by atoms with van der Waals surface area (Å²) in [5.41, 5.74) is 3.74. The van der Waals surface area contributed by atoms with Crippen molar-refractivity contribution in [2.45, 2.75) is 13.5 Å². The van der Waals surface area contributed by atoms with Crippen molar-refractivity contribution in [2.75, 3.05) is 19.5 Å². The van der Waals surface area contributed by atoms with Gasteiger partial charge >= 0.3 is 0 Å². The Labute approximate surface area is 196 Å². The summed E-state index contributed by atoms with van der Waals surface area (Å²) in [6.07, 6.45) is 0. The maximum atomic E-state index is 5.92. The number of fused-ring (bicyclic) bond motifs is 1. The standard InChI is InChI=1S/C26H23N5O3/c1-16-8-10-17(11-9-16)25-30-31-26(34-25)24-28-21-7-5-4-6-20(21)23(29-24)27-15-18-12-13-19(32-2)14-22(18)33-3/h4-14H,15H2,1-3H3,(H,27,28,29). The van der Waals surface area contributed by atoms with E-state index in [9.17, 15) is 0 Å². The van der Waals surface area contributed by atoms with Gasteiger partial charge in [-0.05, 0) is 43.3 Å². The topological polar surface area (TPSA) is 95.2 Å². The van der Waals surface area contributed by atoms with Gasteiger partial charge in [0.05, 0.1) is 19.7 Å². The number of anilines is 1. The number of para-hydroxylation sites is 1. The van der Waals surface area contributed by atoms with Gasteiger partial charge in [0.1, 0.15) is 17.3 Å². The molecular weight excluding hydrogens is 430 g/mol. The van der Waals surface area contributed by atoms with Gasteiger partial charge in [-0.3, -0.25) is 0 Å². The van der Waals surface area contributed by atoms with Crippen LogP contribution in [0.4, 0.5) is 5.82 Å². The fraction of sp³-hybridized carbons (Fsp3) is 0.154. The maximum Gasteiger partial charge on any atom is 0.286 e. The minimum Gasteiger partial charge on any atom is -0.497 e. The van der Waals surface area contributed by atoms with Crippen molar-refractivity contribution in [3.05, 3.63) is 77.9 Å². The summed E-state index contributed by atoms with van der Waals surface area (Å²) < 4.78 is 16.7. The molecule has 0 saturated heterocycles. The lowest BCUT2D eigenvalue weighted by Crippen LogP contribution is -2.06. The lowest BCUT2D eigenvalue weighted by atomic mass is 10.1. The summed E-state index contributed by atoms with van der Waals surface area (Å²) in [6, 6.07) is 21.4. The van der Waals surface area contributed by atoms with Crippen molar-refractivity contribution >= 4 is 16.7 Å². The molecule has 2 aromatic heterocycles. The molecule has 0 bridgehead atoms. The number of benzene rings is 3. The minimum atomic E-state index is 0.256. The largest absolute Gasteiger partial charge is 0.497 e. The van der Waals surface area contributed by atoms with E-state index in [1.807, 2.05) is 73.7 Å². The van der Waals surface area contributed by atoms with Crippen molar-refractivity contribution < 1.29 is 13.9 Å². The van der Waals surface area contributed by atoms with E-state index in [-0.39, 0.29) is 5.89 Å². The number of aryl methyl sites for hydroxylation is 1. The first-order valence-electron chi connectivity index (χ1n) is 10.8. The van der Waals surface area contributed by atoms with E-state index in [1.165, 1.54) is 0 Å². The Morgan fingerprint density at radius 3 is 2.44 bits per heavy atom. The zero-order chi connectivity index (χ0) is 23.5. The van der Waals surface area contributed by atoms with Gasteiger partial charge in [-0.2, -0.15) is 0 Å². The molecule has 170 valence electrons. The molecule has 0 saturated carbocycles. The molecule has 0 amide bonds. The molecule has 1 N–H and O–H groups in total. The summed E-state index contributed by atoms with van der Waals surface area (Å²) in [5.74, 6) is 3.15. The Hall–Kier alpha value is -4.46. The Bertz CT molecular complexity index is 1450. The Balaban J connectivity index is 1.48. The highest BCUT2D eigenvalue weighted by Gasteiger charge is 2.16. The first kappa shape index (κ1) is 21.4. The number of nitrogens with one attached hydrogen (secondary N) is 1. The van der Waals surface area contributed by atoms with Crippen LogP contribution in [0.25, 0.3) is 34.1 Å². The van der Waals surface area contributed by atoms with E-state index < -0.39 is 0 Å². The number of methoxy groups -OCH3 is 2. The van der Waals surface area contributed by atoms with Gasteiger partial charge in [-0.25, -0.2) is 9.97 Å². The molecule has 5 rings (SSSR count). The second-order valence-electron chi connectivity index (χ2n) is 7.72. The van der Waals surface area contributed by atoms with Crippen LogP contribution in [0.3, 0.4) is 0 Å². The van der Waals surface area contributed by atoms with Crippen LogP contribution in [0.1, 0.15) is 11.1 Å². The van der Waals surface area contributed by atoms with E-state index in [2.05, 4.69) is 20.5 Å². The lowest BCUT2D eigenvalue weighted by Gasteiger charge is -2.13. The molecule has 0 fully saturated rings. The predicted octanol–water partition coefficient (Wildman–Crippen LogP) is 5.28. The molecule has 0 aliphatic carbocycles. The van der Waals surface area contributed by atoms with Gasteiger partial charge in [0.25, 0.3) is 5.89 Å². The van der Waals surface area contributed by atoms with Crippen molar-refractivity contribution in [3.63, 3.8) is 0 Å². The first-order valence-corrected chi connectivity index (χ1v) is 10.8. The first-order chi connectivity index (χ1) is 16.6. The number of nitrogens with zero attached hydrogens (tertiary/aromatic N) is 4. The van der Waals surface area contributed by atoms with Crippen LogP contribution in [-0.2, 0) is 6.54 Å². The monoisotopic (exact) mass is 453 g/mol. The average Bonchev–Trinajstić information content (AvgIpc) is 3.38. The van der Waals surface area contributed by atoms with Crippen molar-refractivity contribution in [1.82, 2.24) is 20.2 Å². The third-order valence-electron chi connectivity index (χ3n) is 5.46. The Morgan fingerprint density at radius 1 is 0.853 bits per heavy atom. The van der Waals surface area contributed by atoms with Crippen molar-refractivity contribution in [1.29, 1.82) is 0 Å². The molecule has 0 unspecified atom stereocenters. The zero-order valence-electron chi connectivity index (χ0n) is 19.1. The van der Waals surface area contributed by atoms with Crippen LogP contribution in [0.5, 0.6) is 11.5 Å². The molecular formula is C26H23N5O3. The highest BCUT2D eigenvalue weighted by atomic mass is 16.5. The van der Waals surface area contributed by atoms with Crippen molar-refractivity contribution in [3.8, 4) is 34.7 Å². The highest BCUT2D eigenvalue weighted by Crippen LogP contribution is 2.29. The average molecular weight is 454 g/mol. The third kappa shape index (κ3) is 4.25. The maximum absolute atomic E-state index is 5.92. The molecule has 0 radical (unpaired) electrons. The number of hydrogen-bond donors (Lipinski definition) is 1. The Kier molecular flexibility index (Phi) is 5.78. The SMILES string of the molecule is COc1ccc(CNc2nc(-c3nnc(-c4ccc(C)cc4)o3)nc3ccccc23)c(OC)c1. The molecule has 0 spiro atoms. The molecule has 5 aromatic rings. The molecule has 8 nitrogen and oxygen atoms in total. The molecule has 0 aliphatic rings. The molecule has 8 heteroatoms. The molecule has 2 heterocycles. The molecule has 3 aromatic carbocycles. The second kappa shape index (κ2) is 9.19. The summed E-state index contributed by atoms with van der Waals surface area (Å²) in [7, 11) is 3.26. The quantitative estimate of drug-likeness (QED) is 0.355. The normalized spacial score (nSPS) is 10.9. The lowest BCUT2D eigenvalue weighted by molar-refractivity contribution is 0.391. The smallest absolute Gasteiger partial charge is 0.286 e. The van der Waals surface area contributed by atoms with Crippen LogP contribution in [-0.4, -0.2) is 34.4 Å². The fourth-order valence-electron chi connectivity index (χ4n) is 3.61. The molecule has 34 heavy (non-hydrogen) atoms. The van der Waals surface area contributed by atoms with E-state index in [0.29, 0.717) is 24.1 Å². The van der Waals surface area contributed by atoms with Crippen LogP contribution in [0.15, 0.2) is 71.1 Å². The van der Waals surface area contributed by atoms with Crippen LogP contribution in [0, 0.1) is 6.92 Å². The van der Waals surface area contributed by atoms with E-state index in [0.717, 1.165) is 39.1 Å². The van der Waals surface area contributed by atoms with Gasteiger partial charge in [-0.1, -0.05) is 29.8 Å². The number of rotatable bonds is 7. The van der Waals surface area contributed by atoms with Crippen molar-refractivity contribution in [2.24, 2.45) is 0 Å². The number of ether oxygens (including phenoxy) is 2. The van der Waals surface area contributed by atoms with Gasteiger partial charge in [0.15, 0.2) is 0 Å². The van der Waals surface area contributed by atoms with E-state index in [4.69, 9.17) is 18.9 Å². The fourth-order valence-corrected chi connectivity index (χ4v) is 3.61. The van der Waals surface area contributed by atoms with Crippen LogP contribution < -0.4 is 14.8 Å². The van der Waals surface area contributed by atoms with Gasteiger partial charge in [0, 0.05) is 29.1 Å². The van der Waals surface area contributed by atoms with Gasteiger partial charge in [-0.15, -0.1) is 10.2 Å². The predicted molar refractivity (Wildman–Crippen MR) is 130 cm³/mol. The second-order valence-corrected chi connectivity index (χ2v) is 7.72. The summed E-state index contributed by atoms with van der Waals surface area (Å²) in [6.45, 7) is 2.52. The van der Waals surface area contributed by atoms with E-state index >= 15 is 0 Å². The summed E-state index contributed by atoms with van der Waals surface area (Å²) in [5, 5.41) is 12.7. The highest BCUT2D eigenvalue weighted by molar-refractivity contribution is 5.90. The minimum absolute atomic E-state index is 0.256. The Morgan fingerprint density at radius 2 is 1.65 bits per heavy atom. The number of hydrogen-bond acceptors (Lipinski definition) is 8. The molecule has 0 aliphatic heterocycles. The number of aromatic nitrogens is 4. The third-order valence-corrected chi connectivity index (χ3v) is 5.46. The summed E-state index contributed by atoms with van der Waals surface area (Å²) >= 11 is 0. The van der Waals surface area contributed by atoms with Crippen LogP contribution in [0.2, 0.25) is 0 Å². The van der Waals surface area contributed by atoms with Crippen LogP contribution >= 0.6 is 0 Å². The van der Waals surface area contributed by atoms with Gasteiger partial charge in [0.2, 0.25) is 11.7 Å². The van der Waals surface area contributed by atoms with Gasteiger partial charge < -0.3 is 19.2 Å².